The summed E-state index contributed by atoms with van der Waals surface area (Å²) in [6.45, 7) is 0. The lowest BCUT2D eigenvalue weighted by Gasteiger charge is -2.19. The Bertz CT molecular complexity index is 1120. The minimum Gasteiger partial charge on any atom is -0.496 e. The molecule has 3 aromatic rings. The van der Waals surface area contributed by atoms with Crippen LogP contribution in [-0.2, 0) is 4.79 Å². The van der Waals surface area contributed by atoms with Gasteiger partial charge in [-0.2, -0.15) is 0 Å². The lowest BCUT2D eigenvalue weighted by atomic mass is 10.1. The van der Waals surface area contributed by atoms with Crippen molar-refractivity contribution >= 4 is 29.2 Å². The molecular formula is C25H23N3O2. The number of methoxy groups -OCH3 is 1. The van der Waals surface area contributed by atoms with Gasteiger partial charge >= 0.3 is 0 Å². The molecule has 3 aromatic carbocycles. The zero-order valence-corrected chi connectivity index (χ0v) is 17.2. The normalized spacial score (nSPS) is 14.8. The monoisotopic (exact) mass is 397 g/mol. The van der Waals surface area contributed by atoms with Gasteiger partial charge in [-0.25, -0.2) is 4.99 Å². The predicted octanol–water partition coefficient (Wildman–Crippen LogP) is 4.60. The van der Waals surface area contributed by atoms with Crippen LogP contribution in [-0.4, -0.2) is 32.9 Å². The number of amides is 1. The van der Waals surface area contributed by atoms with Crippen LogP contribution in [0.3, 0.4) is 0 Å². The van der Waals surface area contributed by atoms with E-state index >= 15 is 0 Å². The van der Waals surface area contributed by atoms with Gasteiger partial charge in [0.1, 0.15) is 11.4 Å². The molecular weight excluding hydrogens is 374 g/mol. The van der Waals surface area contributed by atoms with E-state index in [2.05, 4.69) is 0 Å². The number of aliphatic imine (C=N–C) groups is 1. The molecule has 150 valence electrons. The van der Waals surface area contributed by atoms with Crippen molar-refractivity contribution in [1.82, 2.24) is 0 Å². The molecule has 0 saturated heterocycles. The molecule has 30 heavy (non-hydrogen) atoms. The Morgan fingerprint density at radius 1 is 0.900 bits per heavy atom. The summed E-state index contributed by atoms with van der Waals surface area (Å²) in [7, 11) is 5.61. The van der Waals surface area contributed by atoms with Gasteiger partial charge in [0.2, 0.25) is 0 Å². The highest BCUT2D eigenvalue weighted by Gasteiger charge is 2.33. The fourth-order valence-electron chi connectivity index (χ4n) is 3.37. The number of anilines is 2. The third kappa shape index (κ3) is 3.70. The summed E-state index contributed by atoms with van der Waals surface area (Å²) in [5.41, 5.74) is 3.93. The van der Waals surface area contributed by atoms with E-state index in [9.17, 15) is 4.79 Å². The highest BCUT2D eigenvalue weighted by molar-refractivity contribution is 6.33. The Hall–Kier alpha value is -3.86. The Kier molecular flexibility index (Phi) is 5.35. The number of hydrogen-bond donors (Lipinski definition) is 0. The van der Waals surface area contributed by atoms with Crippen molar-refractivity contribution in [2.24, 2.45) is 4.99 Å². The van der Waals surface area contributed by atoms with Crippen molar-refractivity contribution in [2.45, 2.75) is 0 Å². The van der Waals surface area contributed by atoms with Crippen LogP contribution in [0.4, 0.5) is 11.4 Å². The molecule has 0 atom stereocenters. The van der Waals surface area contributed by atoms with E-state index in [1.165, 1.54) is 0 Å². The first kappa shape index (κ1) is 19.5. The van der Waals surface area contributed by atoms with Crippen LogP contribution in [0.5, 0.6) is 5.75 Å². The SMILES string of the molecule is COc1ccccc1C1=N/C(=C/c2ccc(N(C)C)cc2)C(=O)N1c1ccccc1. The van der Waals surface area contributed by atoms with Gasteiger partial charge in [-0.05, 0) is 48.0 Å². The van der Waals surface area contributed by atoms with E-state index in [1.54, 1.807) is 12.0 Å². The Morgan fingerprint density at radius 2 is 1.57 bits per heavy atom. The first-order chi connectivity index (χ1) is 14.6. The first-order valence-electron chi connectivity index (χ1n) is 9.69. The number of carbonyl (C=O) groups excluding carboxylic acids is 1. The molecule has 0 N–H and O–H groups in total. The number of carbonyl (C=O) groups is 1. The second-order valence-electron chi connectivity index (χ2n) is 7.13. The minimum atomic E-state index is -0.168. The van der Waals surface area contributed by atoms with E-state index in [1.807, 2.05) is 104 Å². The maximum absolute atomic E-state index is 13.4. The van der Waals surface area contributed by atoms with Crippen LogP contribution in [0.15, 0.2) is 89.6 Å². The zero-order chi connectivity index (χ0) is 21.1. The average molecular weight is 397 g/mol. The fourth-order valence-corrected chi connectivity index (χ4v) is 3.37. The Labute approximate surface area is 176 Å². The topological polar surface area (TPSA) is 45.1 Å². The quantitative estimate of drug-likeness (QED) is 0.591. The molecule has 5 nitrogen and oxygen atoms in total. The number of rotatable bonds is 5. The van der Waals surface area contributed by atoms with E-state index in [-0.39, 0.29) is 5.91 Å². The molecule has 5 heteroatoms. The van der Waals surface area contributed by atoms with E-state index in [0.717, 1.165) is 22.5 Å². The van der Waals surface area contributed by atoms with Crippen molar-refractivity contribution < 1.29 is 9.53 Å². The highest BCUT2D eigenvalue weighted by Crippen LogP contribution is 2.31. The molecule has 1 amide bonds. The van der Waals surface area contributed by atoms with Crippen molar-refractivity contribution in [3.05, 3.63) is 95.7 Å². The lowest BCUT2D eigenvalue weighted by molar-refractivity contribution is -0.113. The summed E-state index contributed by atoms with van der Waals surface area (Å²) in [5.74, 6) is 1.06. The summed E-state index contributed by atoms with van der Waals surface area (Å²) in [6.07, 6.45) is 1.82. The summed E-state index contributed by atoms with van der Waals surface area (Å²) >= 11 is 0. The molecule has 0 radical (unpaired) electrons. The average Bonchev–Trinajstić information content (AvgIpc) is 3.10. The second kappa shape index (κ2) is 8.25. The molecule has 4 rings (SSSR count). The van der Waals surface area contributed by atoms with E-state index in [4.69, 9.17) is 9.73 Å². The van der Waals surface area contributed by atoms with E-state index in [0.29, 0.717) is 17.3 Å². The molecule has 0 saturated carbocycles. The summed E-state index contributed by atoms with van der Waals surface area (Å²) in [4.78, 5) is 21.8. The van der Waals surface area contributed by atoms with Crippen molar-refractivity contribution in [3.63, 3.8) is 0 Å². The number of nitrogens with zero attached hydrogens (tertiary/aromatic N) is 3. The number of amidine groups is 1. The third-order valence-electron chi connectivity index (χ3n) is 4.94. The van der Waals surface area contributed by atoms with Crippen molar-refractivity contribution in [2.75, 3.05) is 31.0 Å². The van der Waals surface area contributed by atoms with Gasteiger partial charge in [-0.1, -0.05) is 42.5 Å². The number of hydrogen-bond acceptors (Lipinski definition) is 4. The molecule has 1 aliphatic heterocycles. The minimum absolute atomic E-state index is 0.168. The Morgan fingerprint density at radius 3 is 2.23 bits per heavy atom. The van der Waals surface area contributed by atoms with Gasteiger partial charge < -0.3 is 9.64 Å². The van der Waals surface area contributed by atoms with Crippen LogP contribution in [0.25, 0.3) is 6.08 Å². The zero-order valence-electron chi connectivity index (χ0n) is 17.2. The van der Waals surface area contributed by atoms with E-state index < -0.39 is 0 Å². The molecule has 1 heterocycles. The largest absolute Gasteiger partial charge is 0.496 e. The highest BCUT2D eigenvalue weighted by atomic mass is 16.5. The van der Waals surface area contributed by atoms with Crippen molar-refractivity contribution in [3.8, 4) is 5.75 Å². The summed E-state index contributed by atoms with van der Waals surface area (Å²) in [5, 5.41) is 0. The molecule has 0 aromatic heterocycles. The maximum atomic E-state index is 13.4. The lowest BCUT2D eigenvalue weighted by Crippen LogP contribution is -2.32. The van der Waals surface area contributed by atoms with Gasteiger partial charge in [0.15, 0.2) is 5.84 Å². The smallest absolute Gasteiger partial charge is 0.282 e. The maximum Gasteiger partial charge on any atom is 0.282 e. The van der Waals surface area contributed by atoms with Crippen LogP contribution in [0.1, 0.15) is 11.1 Å². The fraction of sp³-hybridized carbons (Fsp3) is 0.120. The second-order valence-corrected chi connectivity index (χ2v) is 7.13. The van der Waals surface area contributed by atoms with Crippen LogP contribution in [0, 0.1) is 0 Å². The molecule has 0 spiro atoms. The molecule has 1 aliphatic rings. The number of ether oxygens (including phenoxy) is 1. The summed E-state index contributed by atoms with van der Waals surface area (Å²) in [6, 6.07) is 25.1. The Balaban J connectivity index is 1.80. The van der Waals surface area contributed by atoms with Gasteiger partial charge in [-0.15, -0.1) is 0 Å². The van der Waals surface area contributed by atoms with Crippen LogP contribution >= 0.6 is 0 Å². The molecule has 0 bridgehead atoms. The van der Waals surface area contributed by atoms with Gasteiger partial charge in [-0.3, -0.25) is 9.69 Å². The van der Waals surface area contributed by atoms with Crippen LogP contribution < -0.4 is 14.5 Å². The first-order valence-corrected chi connectivity index (χ1v) is 9.69. The standard InChI is InChI=1S/C25H23N3O2/c1-27(2)19-15-13-18(14-16-19)17-22-25(29)28(20-9-5-4-6-10-20)24(26-22)21-11-7-8-12-23(21)30-3/h4-17H,1-3H3/b22-17+. The predicted molar refractivity (Wildman–Crippen MR) is 122 cm³/mol. The van der Waals surface area contributed by atoms with Crippen molar-refractivity contribution in [1.29, 1.82) is 0 Å². The van der Waals surface area contributed by atoms with Gasteiger partial charge in [0.05, 0.1) is 18.4 Å². The molecule has 0 aliphatic carbocycles. The van der Waals surface area contributed by atoms with Gasteiger partial charge in [0.25, 0.3) is 5.91 Å². The van der Waals surface area contributed by atoms with Gasteiger partial charge in [0, 0.05) is 19.8 Å². The molecule has 0 fully saturated rings. The van der Waals surface area contributed by atoms with Crippen LogP contribution in [0.2, 0.25) is 0 Å². The third-order valence-corrected chi connectivity index (χ3v) is 4.94. The summed E-state index contributed by atoms with van der Waals surface area (Å²) < 4.78 is 5.52. The number of para-hydroxylation sites is 2. The number of benzene rings is 3. The molecule has 0 unspecified atom stereocenters.